The van der Waals surface area contributed by atoms with E-state index in [4.69, 9.17) is 0 Å². The fourth-order valence-corrected chi connectivity index (χ4v) is 4.20. The van der Waals surface area contributed by atoms with Crippen LogP contribution < -0.4 is 15.5 Å². The van der Waals surface area contributed by atoms with E-state index in [-0.39, 0.29) is 18.9 Å². The molecule has 4 rings (SSSR count). The molecule has 32 heavy (non-hydrogen) atoms. The standard InChI is InChI=1S/C23H27N5O4/c29-21(26-20(13-22(30)31)17-2-1-6-25-14-17)15-28-9-5-16-3-4-18(12-19(16)23(28)32)27-10-7-24-8-11-27/h1-4,6,12,14,20,24H,5,7-11,13,15H2,(H,26,29)(H,30,31)/t20-/m0/s1. The molecule has 0 bridgehead atoms. The number of pyridine rings is 1. The van der Waals surface area contributed by atoms with Gasteiger partial charge in [-0.3, -0.25) is 19.4 Å². The fourth-order valence-electron chi connectivity index (χ4n) is 4.20. The van der Waals surface area contributed by atoms with Crippen LogP contribution in [0.4, 0.5) is 5.69 Å². The van der Waals surface area contributed by atoms with E-state index < -0.39 is 17.9 Å². The molecule has 9 heteroatoms. The molecule has 2 aromatic rings. The summed E-state index contributed by atoms with van der Waals surface area (Å²) >= 11 is 0. The predicted octanol–water partition coefficient (Wildman–Crippen LogP) is 0.822. The number of aliphatic carboxylic acids is 1. The van der Waals surface area contributed by atoms with Crippen molar-refractivity contribution in [1.82, 2.24) is 20.5 Å². The lowest BCUT2D eigenvalue weighted by Crippen LogP contribution is -2.45. The highest BCUT2D eigenvalue weighted by Gasteiger charge is 2.28. The third kappa shape index (κ3) is 5.05. The Kier molecular flexibility index (Phi) is 6.65. The Morgan fingerprint density at radius 3 is 2.72 bits per heavy atom. The van der Waals surface area contributed by atoms with Crippen molar-refractivity contribution < 1.29 is 19.5 Å². The second-order valence-electron chi connectivity index (χ2n) is 8.06. The molecule has 0 spiro atoms. The van der Waals surface area contributed by atoms with E-state index >= 15 is 0 Å². The Labute approximate surface area is 186 Å². The molecule has 168 valence electrons. The lowest BCUT2D eigenvalue weighted by atomic mass is 9.97. The number of carbonyl (C=O) groups excluding carboxylic acids is 2. The zero-order valence-electron chi connectivity index (χ0n) is 17.8. The summed E-state index contributed by atoms with van der Waals surface area (Å²) in [6.45, 7) is 3.92. The SMILES string of the molecule is O=C(O)C[C@H](NC(=O)CN1CCc2ccc(N3CCNCC3)cc2C1=O)c1cccnc1. The van der Waals surface area contributed by atoms with E-state index in [1.54, 1.807) is 18.3 Å². The largest absolute Gasteiger partial charge is 0.481 e. The highest BCUT2D eigenvalue weighted by Crippen LogP contribution is 2.25. The van der Waals surface area contributed by atoms with Gasteiger partial charge in [0.05, 0.1) is 19.0 Å². The van der Waals surface area contributed by atoms with Crippen LogP contribution in [0.5, 0.6) is 0 Å². The number of benzene rings is 1. The number of rotatable bonds is 7. The van der Waals surface area contributed by atoms with Gasteiger partial charge in [0.2, 0.25) is 5.91 Å². The summed E-state index contributed by atoms with van der Waals surface area (Å²) in [6.07, 6.45) is 3.54. The molecular formula is C23H27N5O4. The molecule has 2 aliphatic rings. The maximum atomic E-state index is 13.1. The maximum absolute atomic E-state index is 13.1. The van der Waals surface area contributed by atoms with Crippen LogP contribution in [0.15, 0.2) is 42.7 Å². The molecule has 9 nitrogen and oxygen atoms in total. The Morgan fingerprint density at radius 2 is 2.00 bits per heavy atom. The first-order valence-electron chi connectivity index (χ1n) is 10.8. The minimum atomic E-state index is -1.03. The van der Waals surface area contributed by atoms with Gasteiger partial charge in [-0.15, -0.1) is 0 Å². The van der Waals surface area contributed by atoms with Crippen molar-refractivity contribution >= 4 is 23.5 Å². The first-order chi connectivity index (χ1) is 15.5. The lowest BCUT2D eigenvalue weighted by molar-refractivity contribution is -0.137. The summed E-state index contributed by atoms with van der Waals surface area (Å²) < 4.78 is 0. The molecule has 0 saturated carbocycles. The molecule has 1 saturated heterocycles. The second kappa shape index (κ2) is 9.78. The lowest BCUT2D eigenvalue weighted by Gasteiger charge is -2.32. The van der Waals surface area contributed by atoms with Gasteiger partial charge in [-0.05, 0) is 35.7 Å². The predicted molar refractivity (Wildman–Crippen MR) is 119 cm³/mol. The second-order valence-corrected chi connectivity index (χ2v) is 8.06. The molecule has 2 aliphatic heterocycles. The van der Waals surface area contributed by atoms with Crippen LogP contribution in [0.2, 0.25) is 0 Å². The third-order valence-electron chi connectivity index (χ3n) is 5.88. The molecule has 1 atom stereocenters. The van der Waals surface area contributed by atoms with Gasteiger partial charge in [0.15, 0.2) is 0 Å². The highest BCUT2D eigenvalue weighted by molar-refractivity contribution is 5.99. The number of amides is 2. The van der Waals surface area contributed by atoms with Crippen LogP contribution in [-0.4, -0.2) is 72.0 Å². The van der Waals surface area contributed by atoms with Gasteiger partial charge in [0.25, 0.3) is 5.91 Å². The Hall–Kier alpha value is -3.46. The number of carboxylic acid groups (broad SMARTS) is 1. The highest BCUT2D eigenvalue weighted by atomic mass is 16.4. The number of piperazine rings is 1. The van der Waals surface area contributed by atoms with Crippen molar-refractivity contribution in [3.05, 3.63) is 59.4 Å². The van der Waals surface area contributed by atoms with Crippen LogP contribution in [0.3, 0.4) is 0 Å². The first-order valence-corrected chi connectivity index (χ1v) is 10.8. The molecule has 0 unspecified atom stereocenters. The quantitative estimate of drug-likeness (QED) is 0.588. The average molecular weight is 438 g/mol. The van der Waals surface area contributed by atoms with E-state index in [1.165, 1.54) is 11.1 Å². The summed E-state index contributed by atoms with van der Waals surface area (Å²) in [4.78, 5) is 44.9. The Bertz CT molecular complexity index is 991. The van der Waals surface area contributed by atoms with Gasteiger partial charge in [-0.2, -0.15) is 0 Å². The smallest absolute Gasteiger partial charge is 0.305 e. The molecule has 0 radical (unpaired) electrons. The summed E-state index contributed by atoms with van der Waals surface area (Å²) in [6, 6.07) is 8.70. The number of fused-ring (bicyclic) bond motifs is 1. The van der Waals surface area contributed by atoms with Gasteiger partial charge < -0.3 is 25.5 Å². The van der Waals surface area contributed by atoms with Gasteiger partial charge in [0, 0.05) is 56.4 Å². The number of hydrogen-bond acceptors (Lipinski definition) is 6. The summed E-state index contributed by atoms with van der Waals surface area (Å²) in [5.74, 6) is -1.59. The van der Waals surface area contributed by atoms with Crippen LogP contribution in [0.25, 0.3) is 0 Å². The van der Waals surface area contributed by atoms with Crippen molar-refractivity contribution in [3.8, 4) is 0 Å². The van der Waals surface area contributed by atoms with Crippen molar-refractivity contribution in [2.45, 2.75) is 18.9 Å². The van der Waals surface area contributed by atoms with Crippen molar-refractivity contribution in [3.63, 3.8) is 0 Å². The van der Waals surface area contributed by atoms with Crippen molar-refractivity contribution in [2.75, 3.05) is 44.2 Å². The van der Waals surface area contributed by atoms with E-state index in [2.05, 4.69) is 26.6 Å². The fraction of sp³-hybridized carbons (Fsp3) is 0.391. The minimum Gasteiger partial charge on any atom is -0.481 e. The Balaban J connectivity index is 1.44. The number of nitrogens with one attached hydrogen (secondary N) is 2. The molecular weight excluding hydrogens is 410 g/mol. The monoisotopic (exact) mass is 437 g/mol. The third-order valence-corrected chi connectivity index (χ3v) is 5.88. The number of anilines is 1. The van der Waals surface area contributed by atoms with Gasteiger partial charge in [-0.25, -0.2) is 0 Å². The average Bonchev–Trinajstić information content (AvgIpc) is 2.81. The van der Waals surface area contributed by atoms with Crippen molar-refractivity contribution in [1.29, 1.82) is 0 Å². The van der Waals surface area contributed by atoms with Gasteiger partial charge in [0.1, 0.15) is 0 Å². The summed E-state index contributed by atoms with van der Waals surface area (Å²) in [5, 5.41) is 15.3. The number of carbonyl (C=O) groups is 3. The summed E-state index contributed by atoms with van der Waals surface area (Å²) in [7, 11) is 0. The Morgan fingerprint density at radius 1 is 1.19 bits per heavy atom. The normalized spacial score (nSPS) is 16.9. The topological polar surface area (TPSA) is 115 Å². The van der Waals surface area contributed by atoms with Gasteiger partial charge >= 0.3 is 5.97 Å². The van der Waals surface area contributed by atoms with Crippen LogP contribution in [0, 0.1) is 0 Å². The van der Waals surface area contributed by atoms with Crippen LogP contribution in [-0.2, 0) is 16.0 Å². The number of carboxylic acids is 1. The van der Waals surface area contributed by atoms with E-state index in [9.17, 15) is 19.5 Å². The summed E-state index contributed by atoms with van der Waals surface area (Å²) in [5.41, 5.74) is 3.25. The molecule has 3 N–H and O–H groups in total. The maximum Gasteiger partial charge on any atom is 0.305 e. The van der Waals surface area contributed by atoms with E-state index in [0.29, 0.717) is 24.1 Å². The van der Waals surface area contributed by atoms with Crippen molar-refractivity contribution in [2.24, 2.45) is 0 Å². The molecule has 1 aromatic carbocycles. The van der Waals surface area contributed by atoms with Crippen LogP contribution in [0.1, 0.15) is 33.9 Å². The van der Waals surface area contributed by atoms with Gasteiger partial charge in [-0.1, -0.05) is 12.1 Å². The number of nitrogens with zero attached hydrogens (tertiary/aromatic N) is 3. The minimum absolute atomic E-state index is 0.119. The molecule has 0 aliphatic carbocycles. The molecule has 3 heterocycles. The number of aromatic nitrogens is 1. The zero-order chi connectivity index (χ0) is 22.5. The number of hydrogen-bond donors (Lipinski definition) is 3. The van der Waals surface area contributed by atoms with E-state index in [1.807, 2.05) is 12.1 Å². The molecule has 1 aromatic heterocycles. The zero-order valence-corrected chi connectivity index (χ0v) is 17.8. The van der Waals surface area contributed by atoms with E-state index in [0.717, 1.165) is 37.4 Å². The first kappa shape index (κ1) is 21.8. The molecule has 1 fully saturated rings. The van der Waals surface area contributed by atoms with Crippen LogP contribution >= 0.6 is 0 Å². The molecule has 2 amide bonds.